The molecule has 2 aromatic carbocycles. The van der Waals surface area contributed by atoms with Crippen molar-refractivity contribution in [2.45, 2.75) is 237 Å². The fraction of sp³-hybridized carbons (Fsp3) is 0.679. The van der Waals surface area contributed by atoms with Crippen LogP contribution in [0.1, 0.15) is 204 Å². The molecular weight excluding hydrogens is 1040 g/mol. The Bertz CT molecular complexity index is 2140. The summed E-state index contributed by atoms with van der Waals surface area (Å²) in [4.78, 5) is 15.9. The summed E-state index contributed by atoms with van der Waals surface area (Å²) in [5.74, 6) is 0. The fourth-order valence-corrected chi connectivity index (χ4v) is 26.2. The molecule has 0 fully saturated rings. The number of thiophene rings is 4. The van der Waals surface area contributed by atoms with E-state index in [4.69, 9.17) is 0 Å². The van der Waals surface area contributed by atoms with Gasteiger partial charge < -0.3 is 0 Å². The summed E-state index contributed by atoms with van der Waals surface area (Å²) >= 11 is 4.34. The second-order valence-corrected chi connectivity index (χ2v) is 56.4. The molecule has 6 aromatic rings. The number of unbranched alkanes of at least 4 members (excludes halogenated alkanes) is 20. The summed E-state index contributed by atoms with van der Waals surface area (Å²) in [5.41, 5.74) is 7.10. The molecule has 6 heteroatoms. The van der Waals surface area contributed by atoms with Gasteiger partial charge in [-0.1, -0.05) is 13.8 Å². The first-order valence-corrected chi connectivity index (χ1v) is 49.5. The van der Waals surface area contributed by atoms with Crippen LogP contribution in [0.15, 0.2) is 12.1 Å². The van der Waals surface area contributed by atoms with E-state index in [-0.39, 0.29) is 0 Å². The molecule has 0 radical (unpaired) electrons. The van der Waals surface area contributed by atoms with Crippen molar-refractivity contribution >= 4 is 138 Å². The third-order valence-electron chi connectivity index (χ3n) is 14.0. The predicted octanol–water partition coefficient (Wildman–Crippen LogP) is 20.4. The molecule has 4 heterocycles. The van der Waals surface area contributed by atoms with Gasteiger partial charge in [-0.3, -0.25) is 0 Å². The van der Waals surface area contributed by atoms with Crippen molar-refractivity contribution in [1.29, 1.82) is 0 Å². The van der Waals surface area contributed by atoms with Crippen LogP contribution in [0.25, 0.3) is 49.7 Å². The SMILES string of the molecule is CCCCCCCCc1c(CCCCCCCC)c2c(sc3c2sc2c4s[c]([Sn]([CH3])([CH3])[CH3])cc4c(CCCCCCCC)c(CCCCCCCC)c23)c2s[c]([Sn]([CH3])([CH3])[CH3])cc12. The molecule has 0 spiro atoms. The Morgan fingerprint density at radius 1 is 0.306 bits per heavy atom. The molecule has 0 amide bonds. The molecule has 0 aliphatic rings. The summed E-state index contributed by atoms with van der Waals surface area (Å²) in [6.07, 6.45) is 38.1. The van der Waals surface area contributed by atoms with Crippen molar-refractivity contribution < 1.29 is 0 Å². The summed E-state index contributed by atoms with van der Waals surface area (Å²) < 4.78 is 13.6. The first-order valence-electron chi connectivity index (χ1n) is 26.3. The Kier molecular flexibility index (Phi) is 20.7. The van der Waals surface area contributed by atoms with Gasteiger partial charge in [0.25, 0.3) is 0 Å². The van der Waals surface area contributed by atoms with E-state index in [1.54, 1.807) is 77.8 Å². The molecule has 0 saturated carbocycles. The minimum atomic E-state index is -2.33. The van der Waals surface area contributed by atoms with Gasteiger partial charge in [-0.05, 0) is 0 Å². The molecule has 4 aromatic heterocycles. The Labute approximate surface area is 405 Å². The molecule has 0 aliphatic carbocycles. The zero-order valence-electron chi connectivity index (χ0n) is 41.6. The van der Waals surface area contributed by atoms with Crippen molar-refractivity contribution in [2.75, 3.05) is 0 Å². The number of fused-ring (bicyclic) bond motifs is 9. The van der Waals surface area contributed by atoms with E-state index in [1.165, 1.54) is 180 Å². The van der Waals surface area contributed by atoms with Crippen LogP contribution in [0.4, 0.5) is 0 Å². The second kappa shape index (κ2) is 25.0. The summed E-state index contributed by atoms with van der Waals surface area (Å²) in [7, 11) is 0. The maximum absolute atomic E-state index is 2.77. The first kappa shape index (κ1) is 51.5. The summed E-state index contributed by atoms with van der Waals surface area (Å²) in [6, 6.07) is 5.55. The Balaban J connectivity index is 1.61. The van der Waals surface area contributed by atoms with Gasteiger partial charge in [-0.15, -0.1) is 0 Å². The average Bonchev–Trinajstić information content (AvgIpc) is 4.03. The van der Waals surface area contributed by atoms with Crippen LogP contribution in [0.5, 0.6) is 0 Å². The Hall–Kier alpha value is 0.137. The molecule has 0 N–H and O–H groups in total. The van der Waals surface area contributed by atoms with Crippen molar-refractivity contribution in [3.05, 3.63) is 34.4 Å². The average molecular weight is 1130 g/mol. The minimum absolute atomic E-state index is 1.26. The van der Waals surface area contributed by atoms with Crippen LogP contribution in [0.2, 0.25) is 29.6 Å². The van der Waals surface area contributed by atoms with Crippen LogP contribution < -0.4 is 5.79 Å². The van der Waals surface area contributed by atoms with Gasteiger partial charge in [-0.25, -0.2) is 0 Å². The molecule has 344 valence electrons. The molecule has 0 bridgehead atoms. The van der Waals surface area contributed by atoms with Crippen LogP contribution in [0, 0.1) is 0 Å². The summed E-state index contributed by atoms with van der Waals surface area (Å²) in [5, 5.41) is 6.79. The van der Waals surface area contributed by atoms with Crippen LogP contribution in [0.3, 0.4) is 0 Å². The third-order valence-corrected chi connectivity index (χ3v) is 38.0. The number of rotatable bonds is 30. The van der Waals surface area contributed by atoms with Crippen LogP contribution in [-0.4, -0.2) is 36.8 Å². The zero-order chi connectivity index (χ0) is 44.3. The molecule has 6 rings (SSSR count). The summed E-state index contributed by atoms with van der Waals surface area (Å²) in [6.45, 7) is 9.43. The van der Waals surface area contributed by atoms with Crippen molar-refractivity contribution in [3.8, 4) is 0 Å². The molecule has 62 heavy (non-hydrogen) atoms. The number of hydrogen-bond acceptors (Lipinski definition) is 4. The molecule has 0 saturated heterocycles. The van der Waals surface area contributed by atoms with Gasteiger partial charge in [0, 0.05) is 0 Å². The molecule has 0 atom stereocenters. The quantitative estimate of drug-likeness (QED) is 0.0311. The Morgan fingerprint density at radius 3 is 0.855 bits per heavy atom. The van der Waals surface area contributed by atoms with E-state index in [0.717, 1.165) is 0 Å². The Morgan fingerprint density at radius 2 is 0.565 bits per heavy atom. The van der Waals surface area contributed by atoms with Gasteiger partial charge in [-0.2, -0.15) is 0 Å². The van der Waals surface area contributed by atoms with Gasteiger partial charge in [0.05, 0.1) is 0 Å². The standard InChI is InChI=1S/C50H70S4.6CH3.2Sn/c1-5-9-13-17-21-25-29-37-39(31-27-23-19-15-11-7-3)43-47(45-41(37)33-35-51-45)53-50-44-40(32-28-24-20-16-12-8-4)38(30-26-22-18-14-10-6-2)42-34-36-52-46(42)48(44)54-49(43)50;;;;;;;;/h33-34H,5-32H2,1-4H3;6*1H3;;. The number of aryl methyl sites for hydroxylation is 4. The van der Waals surface area contributed by atoms with Crippen molar-refractivity contribution in [3.63, 3.8) is 0 Å². The normalized spacial score (nSPS) is 12.9. The second-order valence-electron chi connectivity index (χ2n) is 21.5. The van der Waals surface area contributed by atoms with E-state index >= 15 is 0 Å². The molecular formula is C56H88S4Sn2. The first-order chi connectivity index (χ1) is 29.9. The van der Waals surface area contributed by atoms with Crippen LogP contribution >= 0.6 is 45.3 Å². The van der Waals surface area contributed by atoms with Crippen molar-refractivity contribution in [1.82, 2.24) is 0 Å². The van der Waals surface area contributed by atoms with Crippen LogP contribution in [-0.2, 0) is 25.7 Å². The van der Waals surface area contributed by atoms with Crippen molar-refractivity contribution in [2.24, 2.45) is 0 Å². The monoisotopic (exact) mass is 1130 g/mol. The molecule has 0 nitrogen and oxygen atoms in total. The van der Waals surface area contributed by atoms with E-state index in [1.807, 2.05) is 0 Å². The van der Waals surface area contributed by atoms with E-state index < -0.39 is 36.8 Å². The van der Waals surface area contributed by atoms with Gasteiger partial charge in [0.15, 0.2) is 0 Å². The topological polar surface area (TPSA) is 0 Å². The number of hydrogen-bond donors (Lipinski definition) is 0. The van der Waals surface area contributed by atoms with Gasteiger partial charge in [0.2, 0.25) is 0 Å². The van der Waals surface area contributed by atoms with E-state index in [0.29, 0.717) is 0 Å². The van der Waals surface area contributed by atoms with Gasteiger partial charge in [0.1, 0.15) is 0 Å². The predicted molar refractivity (Wildman–Crippen MR) is 300 cm³/mol. The van der Waals surface area contributed by atoms with E-state index in [9.17, 15) is 0 Å². The van der Waals surface area contributed by atoms with E-state index in [2.05, 4.69) is 115 Å². The third kappa shape index (κ3) is 12.8. The maximum atomic E-state index is 2.77. The zero-order valence-corrected chi connectivity index (χ0v) is 50.6. The molecule has 0 aliphatic heterocycles. The number of benzene rings is 2. The van der Waals surface area contributed by atoms with Gasteiger partial charge >= 0.3 is 395 Å². The molecule has 0 unspecified atom stereocenters. The fourth-order valence-electron chi connectivity index (χ4n) is 10.2.